The maximum Gasteiger partial charge on any atom is 0.257 e. The highest BCUT2D eigenvalue weighted by molar-refractivity contribution is 8.00. The number of aromatic nitrogens is 4. The molecular weight excluding hydrogens is 401 g/mol. The van der Waals surface area contributed by atoms with Gasteiger partial charge in [0.2, 0.25) is 16.8 Å². The third kappa shape index (κ3) is 4.41. The molecule has 0 saturated carbocycles. The average molecular weight is 413 g/mol. The molecule has 4 aromatic rings. The predicted molar refractivity (Wildman–Crippen MR) is 104 cm³/mol. The molecule has 4 rings (SSSR count). The second kappa shape index (κ2) is 8.28. The van der Waals surface area contributed by atoms with Gasteiger partial charge < -0.3 is 4.52 Å². The van der Waals surface area contributed by atoms with Gasteiger partial charge in [-0.05, 0) is 36.4 Å². The molecule has 0 fully saturated rings. The first-order chi connectivity index (χ1) is 13.7. The fraction of sp³-hybridized carbons (Fsp3) is 0.0556. The highest BCUT2D eigenvalue weighted by atomic mass is 32.2. The van der Waals surface area contributed by atoms with Crippen LogP contribution in [0.3, 0.4) is 0 Å². The van der Waals surface area contributed by atoms with E-state index in [2.05, 4.69) is 25.7 Å². The van der Waals surface area contributed by atoms with E-state index < -0.39 is 0 Å². The first kappa shape index (κ1) is 18.3. The van der Waals surface area contributed by atoms with Gasteiger partial charge >= 0.3 is 0 Å². The lowest BCUT2D eigenvalue weighted by Crippen LogP contribution is -2.11. The lowest BCUT2D eigenvalue weighted by atomic mass is 10.2. The van der Waals surface area contributed by atoms with Crippen molar-refractivity contribution in [2.45, 2.75) is 10.1 Å². The van der Waals surface area contributed by atoms with E-state index >= 15 is 0 Å². The maximum absolute atomic E-state index is 13.0. The standard InChI is InChI=1S/C18H12FN5O2S2/c19-13-8-6-11(7-9-13)15-20-14(26-24-15)10-27-18-23-22-17(28-18)21-16(25)12-4-2-1-3-5-12/h1-9H,10H2,(H,21,22,25). The summed E-state index contributed by atoms with van der Waals surface area (Å²) in [4.78, 5) is 16.4. The molecule has 1 N–H and O–H groups in total. The lowest BCUT2D eigenvalue weighted by molar-refractivity contribution is 0.102. The molecular formula is C18H12FN5O2S2. The van der Waals surface area contributed by atoms with Crippen LogP contribution in [0.1, 0.15) is 16.2 Å². The number of amides is 1. The van der Waals surface area contributed by atoms with Gasteiger partial charge in [0.15, 0.2) is 4.34 Å². The van der Waals surface area contributed by atoms with Crippen molar-refractivity contribution in [2.75, 3.05) is 5.32 Å². The summed E-state index contributed by atoms with van der Waals surface area (Å²) in [6.07, 6.45) is 0. The Balaban J connectivity index is 1.35. The van der Waals surface area contributed by atoms with E-state index in [1.165, 1.54) is 35.2 Å². The highest BCUT2D eigenvalue weighted by Crippen LogP contribution is 2.28. The molecule has 2 aromatic carbocycles. The van der Waals surface area contributed by atoms with E-state index in [0.29, 0.717) is 38.1 Å². The molecule has 0 unspecified atom stereocenters. The molecule has 0 atom stereocenters. The third-order valence-corrected chi connectivity index (χ3v) is 5.51. The second-order valence-electron chi connectivity index (χ2n) is 5.50. The predicted octanol–water partition coefficient (Wildman–Crippen LogP) is 4.27. The Kier molecular flexibility index (Phi) is 5.40. The average Bonchev–Trinajstić information content (AvgIpc) is 3.37. The quantitative estimate of drug-likeness (QED) is 0.373. The summed E-state index contributed by atoms with van der Waals surface area (Å²) in [6.45, 7) is 0. The lowest BCUT2D eigenvalue weighted by Gasteiger charge is -1.99. The smallest absolute Gasteiger partial charge is 0.257 e. The summed E-state index contributed by atoms with van der Waals surface area (Å²) in [7, 11) is 0. The van der Waals surface area contributed by atoms with Crippen molar-refractivity contribution in [1.82, 2.24) is 20.3 Å². The number of carbonyl (C=O) groups is 1. The molecule has 0 spiro atoms. The summed E-state index contributed by atoms with van der Waals surface area (Å²) in [5, 5.41) is 15.0. The van der Waals surface area contributed by atoms with E-state index in [1.54, 1.807) is 36.4 Å². The van der Waals surface area contributed by atoms with Crippen molar-refractivity contribution in [3.8, 4) is 11.4 Å². The fourth-order valence-electron chi connectivity index (χ4n) is 2.23. The van der Waals surface area contributed by atoms with Crippen LogP contribution in [0.5, 0.6) is 0 Å². The van der Waals surface area contributed by atoms with E-state index in [-0.39, 0.29) is 11.7 Å². The van der Waals surface area contributed by atoms with Crippen molar-refractivity contribution >= 4 is 34.1 Å². The molecule has 0 saturated heterocycles. The second-order valence-corrected chi connectivity index (χ2v) is 7.70. The molecule has 7 nitrogen and oxygen atoms in total. The molecule has 0 aliphatic rings. The van der Waals surface area contributed by atoms with Crippen LogP contribution in [0.4, 0.5) is 9.52 Å². The first-order valence-electron chi connectivity index (χ1n) is 8.08. The molecule has 10 heteroatoms. The maximum atomic E-state index is 13.0. The van der Waals surface area contributed by atoms with Crippen LogP contribution >= 0.6 is 23.1 Å². The number of nitrogens with zero attached hydrogens (tertiary/aromatic N) is 4. The van der Waals surface area contributed by atoms with Crippen molar-refractivity contribution in [3.63, 3.8) is 0 Å². The van der Waals surface area contributed by atoms with Crippen LogP contribution in [0.25, 0.3) is 11.4 Å². The number of hydrogen-bond acceptors (Lipinski definition) is 8. The van der Waals surface area contributed by atoms with Gasteiger partial charge in [-0.25, -0.2) is 4.39 Å². The van der Waals surface area contributed by atoms with Crippen LogP contribution in [-0.4, -0.2) is 26.2 Å². The molecule has 0 bridgehead atoms. The molecule has 0 aliphatic carbocycles. The Morgan fingerprint density at radius 3 is 2.68 bits per heavy atom. The molecule has 140 valence electrons. The number of nitrogens with one attached hydrogen (secondary N) is 1. The molecule has 1 amide bonds. The SMILES string of the molecule is O=C(Nc1nnc(SCc2nc(-c3ccc(F)cc3)no2)s1)c1ccccc1. The molecule has 0 radical (unpaired) electrons. The zero-order valence-electron chi connectivity index (χ0n) is 14.2. The molecule has 2 heterocycles. The summed E-state index contributed by atoms with van der Waals surface area (Å²) in [5.41, 5.74) is 1.22. The van der Waals surface area contributed by atoms with Crippen LogP contribution in [-0.2, 0) is 5.75 Å². The van der Waals surface area contributed by atoms with Crippen molar-refractivity contribution in [2.24, 2.45) is 0 Å². The highest BCUT2D eigenvalue weighted by Gasteiger charge is 2.13. The third-order valence-electron chi connectivity index (χ3n) is 3.55. The number of benzene rings is 2. The minimum Gasteiger partial charge on any atom is -0.338 e. The number of anilines is 1. The molecule has 28 heavy (non-hydrogen) atoms. The minimum atomic E-state index is -0.325. The number of halogens is 1. The van der Waals surface area contributed by atoms with Crippen molar-refractivity contribution in [1.29, 1.82) is 0 Å². The van der Waals surface area contributed by atoms with Gasteiger partial charge in [-0.15, -0.1) is 10.2 Å². The number of hydrogen-bond donors (Lipinski definition) is 1. The Bertz CT molecular complexity index is 1080. The molecule has 0 aliphatic heterocycles. The van der Waals surface area contributed by atoms with E-state index in [4.69, 9.17) is 4.52 Å². The van der Waals surface area contributed by atoms with Crippen LogP contribution in [0.2, 0.25) is 0 Å². The van der Waals surface area contributed by atoms with Crippen LogP contribution in [0.15, 0.2) is 63.5 Å². The Morgan fingerprint density at radius 1 is 1.11 bits per heavy atom. The zero-order chi connectivity index (χ0) is 19.3. The molecule has 2 aromatic heterocycles. The topological polar surface area (TPSA) is 93.8 Å². The minimum absolute atomic E-state index is 0.242. The van der Waals surface area contributed by atoms with Gasteiger partial charge in [-0.2, -0.15) is 4.98 Å². The Labute approximate surface area is 167 Å². The van der Waals surface area contributed by atoms with Gasteiger partial charge in [-0.1, -0.05) is 46.5 Å². The van der Waals surface area contributed by atoms with Gasteiger partial charge in [0.1, 0.15) is 5.82 Å². The largest absolute Gasteiger partial charge is 0.338 e. The Morgan fingerprint density at radius 2 is 1.89 bits per heavy atom. The summed E-state index contributed by atoms with van der Waals surface area (Å²) in [6, 6.07) is 14.7. The van der Waals surface area contributed by atoms with Gasteiger partial charge in [0, 0.05) is 11.1 Å². The van der Waals surface area contributed by atoms with Crippen LogP contribution < -0.4 is 5.32 Å². The zero-order valence-corrected chi connectivity index (χ0v) is 15.8. The van der Waals surface area contributed by atoms with Crippen molar-refractivity contribution in [3.05, 3.63) is 71.9 Å². The van der Waals surface area contributed by atoms with Gasteiger partial charge in [-0.3, -0.25) is 10.1 Å². The van der Waals surface area contributed by atoms with E-state index in [0.717, 1.165) is 0 Å². The summed E-state index contributed by atoms with van der Waals surface area (Å²) in [5.74, 6) is 0.636. The fourth-order valence-corrected chi connectivity index (χ4v) is 3.82. The number of thioether (sulfide) groups is 1. The van der Waals surface area contributed by atoms with E-state index in [9.17, 15) is 9.18 Å². The normalized spacial score (nSPS) is 10.8. The van der Waals surface area contributed by atoms with Crippen molar-refractivity contribution < 1.29 is 13.7 Å². The van der Waals surface area contributed by atoms with Crippen LogP contribution in [0, 0.1) is 5.82 Å². The van der Waals surface area contributed by atoms with Gasteiger partial charge in [0.25, 0.3) is 5.91 Å². The number of rotatable bonds is 6. The summed E-state index contributed by atoms with van der Waals surface area (Å²) < 4.78 is 18.9. The Hall–Kier alpha value is -3.11. The van der Waals surface area contributed by atoms with E-state index in [1.807, 2.05) is 6.07 Å². The monoisotopic (exact) mass is 413 g/mol. The number of carbonyl (C=O) groups excluding carboxylic acids is 1. The van der Waals surface area contributed by atoms with Gasteiger partial charge in [0.05, 0.1) is 5.75 Å². The summed E-state index contributed by atoms with van der Waals surface area (Å²) >= 11 is 2.62. The first-order valence-corrected chi connectivity index (χ1v) is 9.89.